The summed E-state index contributed by atoms with van der Waals surface area (Å²) in [5.74, 6) is 8.04. The van der Waals surface area contributed by atoms with Gasteiger partial charge in [0.1, 0.15) is 5.76 Å². The third-order valence-electron chi connectivity index (χ3n) is 2.71. The SMILES string of the molecule is Cc1occc1-c1nnc(SCCC(C)(C)O)n1N. The Morgan fingerprint density at radius 1 is 1.47 bits per heavy atom. The van der Waals surface area contributed by atoms with Gasteiger partial charge >= 0.3 is 0 Å². The summed E-state index contributed by atoms with van der Waals surface area (Å²) in [7, 11) is 0. The molecular weight excluding hydrogens is 264 g/mol. The van der Waals surface area contributed by atoms with Crippen molar-refractivity contribution >= 4 is 11.8 Å². The van der Waals surface area contributed by atoms with E-state index >= 15 is 0 Å². The molecule has 2 aromatic heterocycles. The van der Waals surface area contributed by atoms with Crippen molar-refractivity contribution in [3.8, 4) is 11.4 Å². The molecule has 0 amide bonds. The fourth-order valence-corrected chi connectivity index (χ4v) is 2.68. The molecule has 0 fully saturated rings. The van der Waals surface area contributed by atoms with Crippen LogP contribution in [0.15, 0.2) is 21.9 Å². The molecule has 0 atom stereocenters. The molecule has 0 aromatic carbocycles. The standard InChI is InChI=1S/C12H18N4O2S/c1-8-9(4-6-18-8)10-14-15-11(16(10)13)19-7-5-12(2,3)17/h4,6,17H,5,7,13H2,1-3H3. The number of nitrogens with two attached hydrogens (primary N) is 1. The van der Waals surface area contributed by atoms with Gasteiger partial charge in [-0.05, 0) is 33.3 Å². The van der Waals surface area contributed by atoms with Gasteiger partial charge in [-0.3, -0.25) is 0 Å². The van der Waals surface area contributed by atoms with Crippen LogP contribution >= 0.6 is 11.8 Å². The topological polar surface area (TPSA) is 90.1 Å². The summed E-state index contributed by atoms with van der Waals surface area (Å²) >= 11 is 1.47. The Balaban J connectivity index is 2.09. The Morgan fingerprint density at radius 2 is 2.21 bits per heavy atom. The summed E-state index contributed by atoms with van der Waals surface area (Å²) in [6.07, 6.45) is 2.26. The van der Waals surface area contributed by atoms with Gasteiger partial charge in [0.05, 0.1) is 17.4 Å². The molecule has 0 spiro atoms. The van der Waals surface area contributed by atoms with Crippen molar-refractivity contribution in [1.82, 2.24) is 14.9 Å². The summed E-state index contributed by atoms with van der Waals surface area (Å²) in [4.78, 5) is 0. The normalized spacial score (nSPS) is 12.0. The third-order valence-corrected chi connectivity index (χ3v) is 3.65. The Bertz CT molecular complexity index is 556. The van der Waals surface area contributed by atoms with Gasteiger partial charge in [-0.1, -0.05) is 11.8 Å². The van der Waals surface area contributed by atoms with Crippen LogP contribution in [0.3, 0.4) is 0 Å². The average molecular weight is 282 g/mol. The lowest BCUT2D eigenvalue weighted by atomic mass is 10.1. The van der Waals surface area contributed by atoms with Crippen LogP contribution in [0.4, 0.5) is 0 Å². The van der Waals surface area contributed by atoms with Crippen molar-refractivity contribution in [2.45, 2.75) is 37.9 Å². The second-order valence-electron chi connectivity index (χ2n) is 4.98. The van der Waals surface area contributed by atoms with Crippen LogP contribution in [0.5, 0.6) is 0 Å². The van der Waals surface area contributed by atoms with Gasteiger partial charge in [0, 0.05) is 5.75 Å². The first-order valence-corrected chi connectivity index (χ1v) is 6.97. The minimum absolute atomic E-state index is 0.581. The number of aromatic nitrogens is 3. The first kappa shape index (κ1) is 14.0. The molecule has 6 nitrogen and oxygen atoms in total. The largest absolute Gasteiger partial charge is 0.469 e. The zero-order chi connectivity index (χ0) is 14.0. The molecular formula is C12H18N4O2S. The average Bonchev–Trinajstić information content (AvgIpc) is 2.85. The minimum atomic E-state index is -0.684. The van der Waals surface area contributed by atoms with E-state index in [4.69, 9.17) is 10.3 Å². The monoisotopic (exact) mass is 282 g/mol. The van der Waals surface area contributed by atoms with Crippen LogP contribution in [0.1, 0.15) is 26.0 Å². The van der Waals surface area contributed by atoms with Gasteiger partial charge in [0.15, 0.2) is 5.82 Å². The number of hydrogen-bond donors (Lipinski definition) is 2. The summed E-state index contributed by atoms with van der Waals surface area (Å²) in [5, 5.41) is 18.4. The zero-order valence-electron chi connectivity index (χ0n) is 11.3. The predicted octanol–water partition coefficient (Wildman–Crippen LogP) is 1.81. The van der Waals surface area contributed by atoms with Crippen LogP contribution in [0.25, 0.3) is 11.4 Å². The van der Waals surface area contributed by atoms with Crippen LogP contribution in [-0.2, 0) is 0 Å². The lowest BCUT2D eigenvalue weighted by Gasteiger charge is -2.15. The maximum atomic E-state index is 9.66. The highest BCUT2D eigenvalue weighted by Crippen LogP contribution is 2.25. The number of thioether (sulfide) groups is 1. The Morgan fingerprint density at radius 3 is 2.79 bits per heavy atom. The number of nitrogen functional groups attached to an aromatic ring is 1. The van der Waals surface area contributed by atoms with Gasteiger partial charge in [0.2, 0.25) is 5.16 Å². The van der Waals surface area contributed by atoms with Crippen LogP contribution in [-0.4, -0.2) is 31.3 Å². The quantitative estimate of drug-likeness (QED) is 0.642. The smallest absolute Gasteiger partial charge is 0.210 e. The van der Waals surface area contributed by atoms with Crippen molar-refractivity contribution in [2.75, 3.05) is 11.6 Å². The summed E-state index contributed by atoms with van der Waals surface area (Å²) in [6, 6.07) is 1.81. The fourth-order valence-electron chi connectivity index (χ4n) is 1.57. The van der Waals surface area contributed by atoms with Crippen molar-refractivity contribution in [1.29, 1.82) is 0 Å². The number of hydrogen-bond acceptors (Lipinski definition) is 6. The van der Waals surface area contributed by atoms with Crippen molar-refractivity contribution < 1.29 is 9.52 Å². The van der Waals surface area contributed by atoms with E-state index in [9.17, 15) is 5.11 Å². The molecule has 0 unspecified atom stereocenters. The van der Waals surface area contributed by atoms with E-state index in [2.05, 4.69) is 10.2 Å². The maximum absolute atomic E-state index is 9.66. The van der Waals surface area contributed by atoms with Crippen LogP contribution < -0.4 is 5.84 Å². The first-order valence-electron chi connectivity index (χ1n) is 5.98. The molecule has 0 bridgehead atoms. The molecule has 7 heteroatoms. The van der Waals surface area contributed by atoms with Crippen LogP contribution in [0, 0.1) is 6.92 Å². The van der Waals surface area contributed by atoms with Gasteiger partial charge < -0.3 is 15.4 Å². The molecule has 0 aliphatic heterocycles. The highest BCUT2D eigenvalue weighted by Gasteiger charge is 2.17. The second kappa shape index (κ2) is 5.26. The molecule has 2 heterocycles. The van der Waals surface area contributed by atoms with E-state index in [1.165, 1.54) is 16.4 Å². The molecule has 2 aromatic rings. The number of furan rings is 1. The molecule has 0 radical (unpaired) electrons. The molecule has 0 saturated carbocycles. The number of nitrogens with zero attached hydrogens (tertiary/aromatic N) is 3. The van der Waals surface area contributed by atoms with Gasteiger partial charge in [0.25, 0.3) is 0 Å². The third kappa shape index (κ3) is 3.30. The van der Waals surface area contributed by atoms with Gasteiger partial charge in [-0.25, -0.2) is 4.68 Å². The fraction of sp³-hybridized carbons (Fsp3) is 0.500. The number of aryl methyl sites for hydroxylation is 1. The molecule has 0 saturated heterocycles. The van der Waals surface area contributed by atoms with Crippen molar-refractivity contribution in [3.63, 3.8) is 0 Å². The first-order chi connectivity index (χ1) is 8.88. The number of aliphatic hydroxyl groups is 1. The highest BCUT2D eigenvalue weighted by molar-refractivity contribution is 7.99. The van der Waals surface area contributed by atoms with E-state index < -0.39 is 5.60 Å². The van der Waals surface area contributed by atoms with Crippen LogP contribution in [0.2, 0.25) is 0 Å². The summed E-state index contributed by atoms with van der Waals surface area (Å²) in [6.45, 7) is 5.41. The molecule has 2 rings (SSSR count). The lowest BCUT2D eigenvalue weighted by molar-refractivity contribution is 0.0777. The van der Waals surface area contributed by atoms with E-state index in [-0.39, 0.29) is 0 Å². The predicted molar refractivity (Wildman–Crippen MR) is 74.3 cm³/mol. The molecule has 19 heavy (non-hydrogen) atoms. The Kier molecular flexibility index (Phi) is 3.86. The maximum Gasteiger partial charge on any atom is 0.210 e. The molecule has 0 aliphatic rings. The van der Waals surface area contributed by atoms with E-state index in [1.54, 1.807) is 20.1 Å². The lowest BCUT2D eigenvalue weighted by Crippen LogP contribution is -2.19. The Hall–Kier alpha value is -1.47. The Labute approximate surface area is 116 Å². The number of rotatable bonds is 5. The minimum Gasteiger partial charge on any atom is -0.469 e. The van der Waals surface area contributed by atoms with Crippen molar-refractivity contribution in [2.24, 2.45) is 0 Å². The molecule has 3 N–H and O–H groups in total. The van der Waals surface area contributed by atoms with E-state index in [1.807, 2.05) is 13.0 Å². The van der Waals surface area contributed by atoms with Gasteiger partial charge in [-0.2, -0.15) is 0 Å². The summed E-state index contributed by atoms with van der Waals surface area (Å²) in [5.41, 5.74) is 0.153. The van der Waals surface area contributed by atoms with E-state index in [0.717, 1.165) is 17.1 Å². The summed E-state index contributed by atoms with van der Waals surface area (Å²) < 4.78 is 6.68. The molecule has 0 aliphatic carbocycles. The van der Waals surface area contributed by atoms with Crippen molar-refractivity contribution in [3.05, 3.63) is 18.1 Å². The second-order valence-corrected chi connectivity index (χ2v) is 6.04. The van der Waals surface area contributed by atoms with E-state index in [0.29, 0.717) is 17.4 Å². The van der Waals surface area contributed by atoms with Gasteiger partial charge in [-0.15, -0.1) is 10.2 Å². The zero-order valence-corrected chi connectivity index (χ0v) is 12.1. The highest BCUT2D eigenvalue weighted by atomic mass is 32.2. The molecule has 104 valence electrons.